The Balaban J connectivity index is 3.38. The predicted molar refractivity (Wildman–Crippen MR) is 54.9 cm³/mol. The molecule has 0 aromatic carbocycles. The van der Waals surface area contributed by atoms with Gasteiger partial charge in [0.25, 0.3) is 6.43 Å². The molecule has 106 valence electrons. The van der Waals surface area contributed by atoms with Crippen LogP contribution >= 0.6 is 11.6 Å². The standard InChI is InChI=1S/C10H7ClF5NO2/c1-19-6(18)2-5-8(11)7(10(14,15)16)4(3-17-5)9(12)13/h3,9H,2H2,1H3. The number of halogens is 6. The zero-order chi connectivity index (χ0) is 14.8. The van der Waals surface area contributed by atoms with Crippen molar-refractivity contribution in [3.8, 4) is 0 Å². The highest BCUT2D eigenvalue weighted by atomic mass is 35.5. The van der Waals surface area contributed by atoms with Crippen molar-refractivity contribution < 1.29 is 31.5 Å². The van der Waals surface area contributed by atoms with Crippen LogP contribution in [0.4, 0.5) is 22.0 Å². The normalized spacial score (nSPS) is 11.8. The molecule has 0 spiro atoms. The van der Waals surface area contributed by atoms with Crippen LogP contribution < -0.4 is 0 Å². The molecule has 0 aliphatic heterocycles. The summed E-state index contributed by atoms with van der Waals surface area (Å²) in [5, 5.41) is -1.02. The average molecular weight is 304 g/mol. The molecular formula is C10H7ClF5NO2. The van der Waals surface area contributed by atoms with Crippen LogP contribution in [0.25, 0.3) is 0 Å². The zero-order valence-electron chi connectivity index (χ0n) is 9.39. The van der Waals surface area contributed by atoms with Gasteiger partial charge in [-0.2, -0.15) is 13.2 Å². The fourth-order valence-corrected chi connectivity index (χ4v) is 1.66. The van der Waals surface area contributed by atoms with Gasteiger partial charge in [0, 0.05) is 11.8 Å². The monoisotopic (exact) mass is 303 g/mol. The summed E-state index contributed by atoms with van der Waals surface area (Å²) in [6.45, 7) is 0. The van der Waals surface area contributed by atoms with Crippen molar-refractivity contribution in [2.75, 3.05) is 7.11 Å². The van der Waals surface area contributed by atoms with E-state index in [1.807, 2.05) is 0 Å². The molecule has 0 saturated carbocycles. The second-order valence-electron chi connectivity index (χ2n) is 3.40. The van der Waals surface area contributed by atoms with E-state index in [0.717, 1.165) is 7.11 Å². The van der Waals surface area contributed by atoms with Crippen LogP contribution in [0.5, 0.6) is 0 Å². The molecule has 1 heterocycles. The predicted octanol–water partition coefficient (Wildman–Crippen LogP) is 3.41. The smallest absolute Gasteiger partial charge is 0.418 e. The quantitative estimate of drug-likeness (QED) is 0.634. The zero-order valence-corrected chi connectivity index (χ0v) is 10.1. The third-order valence-electron chi connectivity index (χ3n) is 2.18. The van der Waals surface area contributed by atoms with Crippen LogP contribution in [0.1, 0.15) is 23.2 Å². The number of carbonyl (C=O) groups excluding carboxylic acids is 1. The minimum Gasteiger partial charge on any atom is -0.469 e. The first kappa shape index (κ1) is 15.6. The molecule has 0 aliphatic carbocycles. The van der Waals surface area contributed by atoms with Gasteiger partial charge < -0.3 is 4.74 Å². The molecule has 0 unspecified atom stereocenters. The average Bonchev–Trinajstić information content (AvgIpc) is 2.29. The fraction of sp³-hybridized carbons (Fsp3) is 0.400. The number of ether oxygens (including phenoxy) is 1. The Morgan fingerprint density at radius 1 is 1.47 bits per heavy atom. The summed E-state index contributed by atoms with van der Waals surface area (Å²) in [5.41, 5.74) is -3.48. The molecule has 0 N–H and O–H groups in total. The summed E-state index contributed by atoms with van der Waals surface area (Å²) in [6, 6.07) is 0. The van der Waals surface area contributed by atoms with E-state index in [9.17, 15) is 26.7 Å². The SMILES string of the molecule is COC(=O)Cc1ncc(C(F)F)c(C(F)(F)F)c1Cl. The van der Waals surface area contributed by atoms with Crippen LogP contribution in [0.2, 0.25) is 5.02 Å². The van der Waals surface area contributed by atoms with Crippen LogP contribution in [0.15, 0.2) is 6.20 Å². The van der Waals surface area contributed by atoms with Crippen molar-refractivity contribution in [2.24, 2.45) is 0 Å². The topological polar surface area (TPSA) is 39.2 Å². The van der Waals surface area contributed by atoms with Gasteiger partial charge in [0.2, 0.25) is 0 Å². The maximum atomic E-state index is 12.7. The van der Waals surface area contributed by atoms with E-state index in [0.29, 0.717) is 6.20 Å². The number of nitrogens with zero attached hydrogens (tertiary/aromatic N) is 1. The number of alkyl halides is 5. The highest BCUT2D eigenvalue weighted by Gasteiger charge is 2.39. The Labute approximate surface area is 109 Å². The van der Waals surface area contributed by atoms with Gasteiger partial charge in [0.05, 0.1) is 29.8 Å². The highest BCUT2D eigenvalue weighted by Crippen LogP contribution is 2.41. The van der Waals surface area contributed by atoms with Crippen molar-refractivity contribution in [2.45, 2.75) is 19.0 Å². The summed E-state index contributed by atoms with van der Waals surface area (Å²) in [5.74, 6) is -0.882. The van der Waals surface area contributed by atoms with Crippen molar-refractivity contribution in [1.29, 1.82) is 0 Å². The van der Waals surface area contributed by atoms with Crippen molar-refractivity contribution in [3.63, 3.8) is 0 Å². The number of esters is 1. The third-order valence-corrected chi connectivity index (χ3v) is 2.59. The van der Waals surface area contributed by atoms with Crippen molar-refractivity contribution >= 4 is 17.6 Å². The number of aromatic nitrogens is 1. The first-order valence-corrected chi connectivity index (χ1v) is 5.15. The molecule has 9 heteroatoms. The lowest BCUT2D eigenvalue weighted by Crippen LogP contribution is -2.15. The molecule has 0 fully saturated rings. The summed E-state index contributed by atoms with van der Waals surface area (Å²) >= 11 is 5.42. The second-order valence-corrected chi connectivity index (χ2v) is 3.78. The summed E-state index contributed by atoms with van der Waals surface area (Å²) in [4.78, 5) is 14.3. The molecular weight excluding hydrogens is 297 g/mol. The van der Waals surface area contributed by atoms with Crippen molar-refractivity contribution in [3.05, 3.63) is 28.0 Å². The molecule has 3 nitrogen and oxygen atoms in total. The number of methoxy groups -OCH3 is 1. The Morgan fingerprint density at radius 3 is 2.47 bits per heavy atom. The maximum Gasteiger partial charge on any atom is 0.418 e. The van der Waals surface area contributed by atoms with Gasteiger partial charge in [0.15, 0.2) is 0 Å². The minimum atomic E-state index is -5.07. The number of carbonyl (C=O) groups is 1. The Kier molecular flexibility index (Phi) is 4.67. The molecule has 1 aromatic rings. The van der Waals surface area contributed by atoms with Gasteiger partial charge in [-0.15, -0.1) is 0 Å². The molecule has 1 rings (SSSR count). The summed E-state index contributed by atoms with van der Waals surface area (Å²) < 4.78 is 67.4. The number of rotatable bonds is 3. The molecule has 0 radical (unpaired) electrons. The van der Waals surface area contributed by atoms with Crippen LogP contribution in [-0.2, 0) is 22.1 Å². The Hall–Kier alpha value is -1.44. The van der Waals surface area contributed by atoms with Gasteiger partial charge in [-0.1, -0.05) is 11.6 Å². The van der Waals surface area contributed by atoms with Crippen LogP contribution in [0, 0.1) is 0 Å². The largest absolute Gasteiger partial charge is 0.469 e. The van der Waals surface area contributed by atoms with Gasteiger partial charge in [0.1, 0.15) is 0 Å². The summed E-state index contributed by atoms with van der Waals surface area (Å²) in [6.07, 6.45) is -8.73. The van der Waals surface area contributed by atoms with Gasteiger partial charge >= 0.3 is 12.1 Å². The number of hydrogen-bond donors (Lipinski definition) is 0. The second kappa shape index (κ2) is 5.68. The van der Waals surface area contributed by atoms with E-state index in [1.54, 1.807) is 0 Å². The fourth-order valence-electron chi connectivity index (χ4n) is 1.33. The van der Waals surface area contributed by atoms with Gasteiger partial charge in [-0.05, 0) is 0 Å². The van der Waals surface area contributed by atoms with Gasteiger partial charge in [-0.3, -0.25) is 9.78 Å². The first-order valence-electron chi connectivity index (χ1n) is 4.78. The lowest BCUT2D eigenvalue weighted by atomic mass is 10.1. The molecule has 0 amide bonds. The number of pyridine rings is 1. The molecule has 0 atom stereocenters. The van der Waals surface area contributed by atoms with E-state index in [1.165, 1.54) is 0 Å². The van der Waals surface area contributed by atoms with Crippen molar-refractivity contribution in [1.82, 2.24) is 4.98 Å². The third kappa shape index (κ3) is 3.52. The number of hydrogen-bond acceptors (Lipinski definition) is 3. The summed E-state index contributed by atoms with van der Waals surface area (Å²) in [7, 11) is 1.02. The molecule has 0 aliphatic rings. The van der Waals surface area contributed by atoms with E-state index in [-0.39, 0.29) is 0 Å². The molecule has 19 heavy (non-hydrogen) atoms. The van der Waals surface area contributed by atoms with E-state index in [2.05, 4.69) is 9.72 Å². The van der Waals surface area contributed by atoms with Crippen LogP contribution in [0.3, 0.4) is 0 Å². The molecule has 0 saturated heterocycles. The Bertz CT molecular complexity index is 490. The van der Waals surface area contributed by atoms with Crippen LogP contribution in [-0.4, -0.2) is 18.1 Å². The lowest BCUT2D eigenvalue weighted by molar-refractivity contribution is -0.141. The maximum absolute atomic E-state index is 12.7. The minimum absolute atomic E-state index is 0.359. The first-order chi connectivity index (χ1) is 8.68. The lowest BCUT2D eigenvalue weighted by Gasteiger charge is -2.15. The van der Waals surface area contributed by atoms with E-state index in [4.69, 9.17) is 11.6 Å². The highest BCUT2D eigenvalue weighted by molar-refractivity contribution is 6.32. The molecule has 1 aromatic heterocycles. The van der Waals surface area contributed by atoms with E-state index >= 15 is 0 Å². The Morgan fingerprint density at radius 2 is 2.05 bits per heavy atom. The molecule has 0 bridgehead atoms. The van der Waals surface area contributed by atoms with Gasteiger partial charge in [-0.25, -0.2) is 8.78 Å². The van der Waals surface area contributed by atoms with E-state index < -0.39 is 46.8 Å².